The Bertz CT molecular complexity index is 1280. The highest BCUT2D eigenvalue weighted by Crippen LogP contribution is 2.36. The third-order valence-corrected chi connectivity index (χ3v) is 5.67. The number of hydrogen-bond acceptors (Lipinski definition) is 6. The topological polar surface area (TPSA) is 97.8 Å². The third kappa shape index (κ3) is 4.46. The van der Waals surface area contributed by atoms with Crippen LogP contribution in [0.3, 0.4) is 0 Å². The van der Waals surface area contributed by atoms with Crippen molar-refractivity contribution in [3.05, 3.63) is 52.0 Å². The van der Waals surface area contributed by atoms with E-state index in [0.717, 1.165) is 23.0 Å². The highest BCUT2D eigenvalue weighted by atomic mass is 19.4. The maximum absolute atomic E-state index is 13.4. The molecule has 0 fully saturated rings. The highest BCUT2D eigenvalue weighted by Gasteiger charge is 2.34. The minimum Gasteiger partial charge on any atom is -0.444 e. The summed E-state index contributed by atoms with van der Waals surface area (Å²) in [6.45, 7) is 9.31. The van der Waals surface area contributed by atoms with Gasteiger partial charge in [0.05, 0.1) is 30.5 Å². The van der Waals surface area contributed by atoms with Gasteiger partial charge in [-0.25, -0.2) is 9.78 Å². The minimum absolute atomic E-state index is 0.0309. The molecule has 0 aliphatic carbocycles. The van der Waals surface area contributed by atoms with Crippen molar-refractivity contribution in [3.63, 3.8) is 0 Å². The summed E-state index contributed by atoms with van der Waals surface area (Å²) in [5, 5.41) is 3.15. The number of halogens is 3. The zero-order valence-electron chi connectivity index (χ0n) is 19.7. The molecule has 0 spiro atoms. The van der Waals surface area contributed by atoms with Crippen molar-refractivity contribution in [2.75, 3.05) is 11.1 Å². The van der Waals surface area contributed by atoms with E-state index in [0.29, 0.717) is 23.7 Å². The van der Waals surface area contributed by atoms with Gasteiger partial charge in [-0.05, 0) is 57.9 Å². The second-order valence-electron chi connectivity index (χ2n) is 9.46. The number of nitrogens with two attached hydrogens (primary N) is 1. The molecule has 8 nitrogen and oxygen atoms in total. The summed E-state index contributed by atoms with van der Waals surface area (Å²) in [4.78, 5) is 23.2. The number of anilines is 2. The number of aromatic nitrogens is 3. The summed E-state index contributed by atoms with van der Waals surface area (Å²) in [5.74, 6) is 0.889. The molecular weight excluding hydrogens is 449 g/mol. The van der Waals surface area contributed by atoms with Gasteiger partial charge in [0.1, 0.15) is 11.4 Å². The molecule has 3 heterocycles. The average Bonchev–Trinajstić information content (AvgIpc) is 3.30. The number of carbonyl (C=O) groups is 1. The molecule has 0 unspecified atom stereocenters. The van der Waals surface area contributed by atoms with Gasteiger partial charge in [0.2, 0.25) is 5.78 Å². The molecule has 1 amide bonds. The molecule has 0 radical (unpaired) electrons. The normalized spacial score (nSPS) is 13.9. The Morgan fingerprint density at radius 3 is 2.56 bits per heavy atom. The number of nitrogens with zero attached hydrogens (tertiary/aromatic N) is 4. The van der Waals surface area contributed by atoms with Crippen LogP contribution in [-0.4, -0.2) is 31.0 Å². The van der Waals surface area contributed by atoms with Gasteiger partial charge >= 0.3 is 12.3 Å². The smallest absolute Gasteiger partial charge is 0.416 e. The molecule has 1 aromatic carbocycles. The Kier molecular flexibility index (Phi) is 5.61. The fraction of sp³-hybridized carbons (Fsp3) is 0.435. The van der Waals surface area contributed by atoms with Gasteiger partial charge in [0.25, 0.3) is 0 Å². The number of rotatable bonds is 3. The van der Waals surface area contributed by atoms with E-state index in [2.05, 4.69) is 15.3 Å². The van der Waals surface area contributed by atoms with Crippen LogP contribution in [0.25, 0.3) is 5.78 Å². The number of imidazole rings is 1. The predicted octanol–water partition coefficient (Wildman–Crippen LogP) is 4.81. The molecule has 182 valence electrons. The van der Waals surface area contributed by atoms with Crippen LogP contribution in [0, 0.1) is 13.8 Å². The van der Waals surface area contributed by atoms with E-state index in [4.69, 9.17) is 10.5 Å². The van der Waals surface area contributed by atoms with Crippen molar-refractivity contribution in [3.8, 4) is 0 Å². The standard InChI is InChI=1S/C23H27F3N6O2/c1-12-8-29-20-30-19(28-9-14-6-15(27)7-17(13(14)2)23(24,25)26)16-10-31(11-18(16)32(12)20)21(33)34-22(3,4)5/h6-8H,9-11,27H2,1-5H3,(H,28,29,30). The SMILES string of the molecule is Cc1c(CNc2nc3ncc(C)n3c3c2CN(C(=O)OC(C)(C)C)C3)cc(N)cc1C(F)(F)F. The monoisotopic (exact) mass is 476 g/mol. The Morgan fingerprint density at radius 1 is 1.21 bits per heavy atom. The Labute approximate surface area is 194 Å². The predicted molar refractivity (Wildman–Crippen MR) is 121 cm³/mol. The first-order valence-corrected chi connectivity index (χ1v) is 10.8. The molecule has 0 saturated carbocycles. The lowest BCUT2D eigenvalue weighted by atomic mass is 10.0. The summed E-state index contributed by atoms with van der Waals surface area (Å²) in [6.07, 6.45) is -3.28. The van der Waals surface area contributed by atoms with Crippen molar-refractivity contribution in [2.45, 2.75) is 66.0 Å². The zero-order valence-corrected chi connectivity index (χ0v) is 19.7. The van der Waals surface area contributed by atoms with Gasteiger partial charge < -0.3 is 15.8 Å². The number of fused-ring (bicyclic) bond motifs is 3. The quantitative estimate of drug-likeness (QED) is 0.527. The molecule has 34 heavy (non-hydrogen) atoms. The van der Waals surface area contributed by atoms with Crippen LogP contribution in [0.4, 0.5) is 29.5 Å². The van der Waals surface area contributed by atoms with Gasteiger partial charge in [-0.2, -0.15) is 18.2 Å². The fourth-order valence-corrected chi connectivity index (χ4v) is 4.09. The van der Waals surface area contributed by atoms with Gasteiger partial charge in [0, 0.05) is 23.5 Å². The maximum atomic E-state index is 13.4. The van der Waals surface area contributed by atoms with Crippen molar-refractivity contribution in [1.29, 1.82) is 0 Å². The molecule has 3 aromatic rings. The van der Waals surface area contributed by atoms with Gasteiger partial charge in [-0.3, -0.25) is 9.30 Å². The number of alkyl halides is 3. The minimum atomic E-state index is -4.51. The lowest BCUT2D eigenvalue weighted by Crippen LogP contribution is -2.33. The number of nitrogen functional groups attached to an aromatic ring is 1. The number of benzene rings is 1. The van der Waals surface area contributed by atoms with Crippen LogP contribution in [0.1, 0.15) is 54.4 Å². The first-order chi connectivity index (χ1) is 15.7. The Hall–Kier alpha value is -3.50. The second-order valence-corrected chi connectivity index (χ2v) is 9.46. The van der Waals surface area contributed by atoms with Crippen molar-refractivity contribution in [1.82, 2.24) is 19.3 Å². The Balaban J connectivity index is 1.68. The van der Waals surface area contributed by atoms with Gasteiger partial charge in [-0.1, -0.05) is 0 Å². The molecular formula is C23H27F3N6O2. The van der Waals surface area contributed by atoms with E-state index in [-0.39, 0.29) is 24.3 Å². The van der Waals surface area contributed by atoms with Crippen molar-refractivity contribution < 1.29 is 22.7 Å². The molecule has 11 heteroatoms. The average molecular weight is 477 g/mol. The van der Waals surface area contributed by atoms with Crippen LogP contribution >= 0.6 is 0 Å². The third-order valence-electron chi connectivity index (χ3n) is 5.67. The summed E-state index contributed by atoms with van der Waals surface area (Å²) in [5.41, 5.74) is 7.32. The summed E-state index contributed by atoms with van der Waals surface area (Å²) in [6, 6.07) is 2.45. The van der Waals surface area contributed by atoms with Gasteiger partial charge in [-0.15, -0.1) is 0 Å². The lowest BCUT2D eigenvalue weighted by molar-refractivity contribution is -0.138. The van der Waals surface area contributed by atoms with Crippen LogP contribution in [0.15, 0.2) is 18.3 Å². The molecule has 0 saturated heterocycles. The van der Waals surface area contributed by atoms with Crippen LogP contribution in [0.5, 0.6) is 0 Å². The van der Waals surface area contributed by atoms with E-state index in [1.807, 2.05) is 11.3 Å². The van der Waals surface area contributed by atoms with Crippen LogP contribution in [-0.2, 0) is 30.5 Å². The summed E-state index contributed by atoms with van der Waals surface area (Å²) < 4.78 is 47.6. The van der Waals surface area contributed by atoms with Crippen LogP contribution in [0.2, 0.25) is 0 Å². The second kappa shape index (κ2) is 8.07. The summed E-state index contributed by atoms with van der Waals surface area (Å²) >= 11 is 0. The molecule has 1 aliphatic heterocycles. The molecule has 2 aromatic heterocycles. The maximum Gasteiger partial charge on any atom is 0.416 e. The largest absolute Gasteiger partial charge is 0.444 e. The zero-order chi connectivity index (χ0) is 25.0. The number of hydrogen-bond donors (Lipinski definition) is 2. The van der Waals surface area contributed by atoms with Crippen LogP contribution < -0.4 is 11.1 Å². The number of carbonyl (C=O) groups excluding carboxylic acids is 1. The van der Waals surface area contributed by atoms with E-state index in [1.165, 1.54) is 13.0 Å². The first-order valence-electron chi connectivity index (χ1n) is 10.8. The Morgan fingerprint density at radius 2 is 1.91 bits per heavy atom. The highest BCUT2D eigenvalue weighted by molar-refractivity contribution is 5.70. The molecule has 0 bridgehead atoms. The number of aryl methyl sites for hydroxylation is 1. The van der Waals surface area contributed by atoms with E-state index >= 15 is 0 Å². The number of ether oxygens (including phenoxy) is 1. The van der Waals surface area contributed by atoms with Gasteiger partial charge in [0.15, 0.2) is 0 Å². The fourth-order valence-electron chi connectivity index (χ4n) is 4.09. The van der Waals surface area contributed by atoms with Crippen molar-refractivity contribution in [2.24, 2.45) is 0 Å². The first kappa shape index (κ1) is 23.7. The molecule has 1 aliphatic rings. The van der Waals surface area contributed by atoms with Crippen molar-refractivity contribution >= 4 is 23.4 Å². The molecule has 4 rings (SSSR count). The van der Waals surface area contributed by atoms with E-state index in [9.17, 15) is 18.0 Å². The lowest BCUT2D eigenvalue weighted by Gasteiger charge is -2.24. The molecule has 0 atom stereocenters. The number of nitrogens with one attached hydrogen (secondary N) is 1. The summed E-state index contributed by atoms with van der Waals surface area (Å²) in [7, 11) is 0. The van der Waals surface area contributed by atoms with E-state index < -0.39 is 23.4 Å². The van der Waals surface area contributed by atoms with E-state index in [1.54, 1.807) is 31.9 Å². The number of amides is 1. The molecule has 3 N–H and O–H groups in total.